The number of hydrogen-bond acceptors (Lipinski definition) is 3. The third-order valence-corrected chi connectivity index (χ3v) is 5.37. The number of halogens is 1. The number of pyridine rings is 1. The highest BCUT2D eigenvalue weighted by molar-refractivity contribution is 6.31. The van der Waals surface area contributed by atoms with Gasteiger partial charge in [0.1, 0.15) is 0 Å². The van der Waals surface area contributed by atoms with Crippen molar-refractivity contribution < 1.29 is 0 Å². The first-order valence-corrected chi connectivity index (χ1v) is 7.68. The van der Waals surface area contributed by atoms with Gasteiger partial charge in [0.25, 0.3) is 0 Å². The van der Waals surface area contributed by atoms with Crippen molar-refractivity contribution in [2.75, 3.05) is 0 Å². The summed E-state index contributed by atoms with van der Waals surface area (Å²) in [5.41, 5.74) is 4.13. The van der Waals surface area contributed by atoms with Gasteiger partial charge in [0.2, 0.25) is 0 Å². The second kappa shape index (κ2) is 5.78. The van der Waals surface area contributed by atoms with E-state index in [1.807, 2.05) is 6.07 Å². The molecule has 2 aliphatic carbocycles. The molecule has 2 aliphatic rings. The van der Waals surface area contributed by atoms with Crippen LogP contribution in [0.2, 0.25) is 5.02 Å². The zero-order chi connectivity index (χ0) is 13.2. The van der Waals surface area contributed by atoms with Crippen LogP contribution in [0.4, 0.5) is 0 Å². The molecule has 1 heterocycles. The second-order valence-electron chi connectivity index (χ2n) is 6.21. The van der Waals surface area contributed by atoms with Crippen LogP contribution >= 0.6 is 11.6 Å². The van der Waals surface area contributed by atoms with Gasteiger partial charge in [-0.05, 0) is 61.5 Å². The Kier molecular flexibility index (Phi) is 4.06. The summed E-state index contributed by atoms with van der Waals surface area (Å²) in [7, 11) is 0. The zero-order valence-corrected chi connectivity index (χ0v) is 11.9. The summed E-state index contributed by atoms with van der Waals surface area (Å²) in [4.78, 5) is 4.03. The van der Waals surface area contributed by atoms with Gasteiger partial charge < -0.3 is 0 Å². The van der Waals surface area contributed by atoms with Crippen molar-refractivity contribution in [1.29, 1.82) is 0 Å². The molecule has 0 aromatic carbocycles. The minimum absolute atomic E-state index is 0.323. The normalized spacial score (nSPS) is 30.7. The fourth-order valence-electron chi connectivity index (χ4n) is 4.08. The topological polar surface area (TPSA) is 50.9 Å². The average Bonchev–Trinajstić information content (AvgIpc) is 3.02. The lowest BCUT2D eigenvalue weighted by Gasteiger charge is -2.26. The van der Waals surface area contributed by atoms with Gasteiger partial charge in [0.05, 0.1) is 5.02 Å². The molecule has 3 nitrogen and oxygen atoms in total. The molecule has 0 saturated heterocycles. The molecule has 4 atom stereocenters. The van der Waals surface area contributed by atoms with E-state index in [0.29, 0.717) is 6.04 Å². The van der Waals surface area contributed by atoms with Crippen LogP contribution in [-0.4, -0.2) is 11.0 Å². The fourth-order valence-corrected chi connectivity index (χ4v) is 4.27. The van der Waals surface area contributed by atoms with E-state index in [-0.39, 0.29) is 0 Å². The summed E-state index contributed by atoms with van der Waals surface area (Å²) in [6, 6.07) is 2.32. The molecule has 0 radical (unpaired) electrons. The Morgan fingerprint density at radius 1 is 1.42 bits per heavy atom. The van der Waals surface area contributed by atoms with E-state index in [1.165, 1.54) is 32.1 Å². The summed E-state index contributed by atoms with van der Waals surface area (Å²) in [5, 5.41) is 0.746. The molecule has 0 spiro atoms. The minimum atomic E-state index is 0.323. The van der Waals surface area contributed by atoms with Crippen LogP contribution in [0.3, 0.4) is 0 Å². The summed E-state index contributed by atoms with van der Waals surface area (Å²) in [5.74, 6) is 8.55. The van der Waals surface area contributed by atoms with Crippen LogP contribution in [-0.2, 0) is 6.42 Å². The standard InChI is InChI=1S/C15H22ClN3/c16-15-9-18-4-3-12(15)7-14(19-17)8-13-6-10-1-2-11(13)5-10/h3-4,9-11,13-14,19H,1-2,5-8,17H2. The molecule has 19 heavy (non-hydrogen) atoms. The lowest BCUT2D eigenvalue weighted by Crippen LogP contribution is -2.39. The van der Waals surface area contributed by atoms with Crippen molar-refractivity contribution >= 4 is 11.6 Å². The molecular formula is C15H22ClN3. The Balaban J connectivity index is 1.60. The van der Waals surface area contributed by atoms with Gasteiger partial charge in [0.15, 0.2) is 0 Å². The maximum atomic E-state index is 6.17. The largest absolute Gasteiger partial charge is 0.271 e. The number of hydrogen-bond donors (Lipinski definition) is 2. The molecule has 1 aromatic heterocycles. The lowest BCUT2D eigenvalue weighted by molar-refractivity contribution is 0.277. The van der Waals surface area contributed by atoms with E-state index in [0.717, 1.165) is 34.8 Å². The first-order chi connectivity index (χ1) is 9.26. The Labute approximate surface area is 119 Å². The smallest absolute Gasteiger partial charge is 0.0621 e. The number of hydrazine groups is 1. The van der Waals surface area contributed by atoms with Gasteiger partial charge >= 0.3 is 0 Å². The quantitative estimate of drug-likeness (QED) is 0.644. The van der Waals surface area contributed by atoms with E-state index in [4.69, 9.17) is 17.4 Å². The van der Waals surface area contributed by atoms with E-state index < -0.39 is 0 Å². The summed E-state index contributed by atoms with van der Waals surface area (Å²) in [6.07, 6.45) is 11.3. The third-order valence-electron chi connectivity index (χ3n) is 5.03. The molecular weight excluding hydrogens is 258 g/mol. The predicted molar refractivity (Wildman–Crippen MR) is 77.6 cm³/mol. The molecule has 0 amide bonds. The monoisotopic (exact) mass is 279 g/mol. The van der Waals surface area contributed by atoms with Crippen LogP contribution in [0.25, 0.3) is 0 Å². The minimum Gasteiger partial charge on any atom is -0.271 e. The van der Waals surface area contributed by atoms with E-state index in [2.05, 4.69) is 10.4 Å². The molecule has 2 saturated carbocycles. The molecule has 4 unspecified atom stereocenters. The zero-order valence-electron chi connectivity index (χ0n) is 11.2. The van der Waals surface area contributed by atoms with E-state index in [1.54, 1.807) is 12.4 Å². The van der Waals surface area contributed by atoms with E-state index >= 15 is 0 Å². The number of fused-ring (bicyclic) bond motifs is 2. The molecule has 3 N–H and O–H groups in total. The Morgan fingerprint density at radius 2 is 2.32 bits per heavy atom. The predicted octanol–water partition coefficient (Wildman–Crippen LogP) is 2.94. The fraction of sp³-hybridized carbons (Fsp3) is 0.667. The number of aromatic nitrogens is 1. The SMILES string of the molecule is NNC(Cc1ccncc1Cl)CC1CC2CCC1C2. The highest BCUT2D eigenvalue weighted by atomic mass is 35.5. The van der Waals surface area contributed by atoms with Gasteiger partial charge in [-0.15, -0.1) is 0 Å². The first-order valence-electron chi connectivity index (χ1n) is 7.30. The Bertz CT molecular complexity index is 437. The molecule has 3 rings (SSSR count). The van der Waals surface area contributed by atoms with Crippen LogP contribution in [0.5, 0.6) is 0 Å². The molecule has 104 valence electrons. The van der Waals surface area contributed by atoms with Crippen LogP contribution < -0.4 is 11.3 Å². The maximum Gasteiger partial charge on any atom is 0.0621 e. The maximum absolute atomic E-state index is 6.17. The summed E-state index contributed by atoms with van der Waals surface area (Å²) < 4.78 is 0. The summed E-state index contributed by atoms with van der Waals surface area (Å²) >= 11 is 6.17. The first kappa shape index (κ1) is 13.3. The highest BCUT2D eigenvalue weighted by Gasteiger charge is 2.39. The second-order valence-corrected chi connectivity index (χ2v) is 6.61. The van der Waals surface area contributed by atoms with Crippen molar-refractivity contribution in [3.8, 4) is 0 Å². The van der Waals surface area contributed by atoms with Crippen molar-refractivity contribution in [2.45, 2.75) is 44.6 Å². The molecule has 4 heteroatoms. The van der Waals surface area contributed by atoms with Crippen LogP contribution in [0.15, 0.2) is 18.5 Å². The van der Waals surface area contributed by atoms with Crippen molar-refractivity contribution in [2.24, 2.45) is 23.6 Å². The average molecular weight is 280 g/mol. The van der Waals surface area contributed by atoms with Gasteiger partial charge in [-0.2, -0.15) is 0 Å². The van der Waals surface area contributed by atoms with Crippen LogP contribution in [0.1, 0.15) is 37.7 Å². The number of nitrogens with two attached hydrogens (primary N) is 1. The van der Waals surface area contributed by atoms with Gasteiger partial charge in [-0.1, -0.05) is 18.0 Å². The molecule has 2 fully saturated rings. The number of rotatable bonds is 5. The van der Waals surface area contributed by atoms with Crippen LogP contribution in [0, 0.1) is 17.8 Å². The highest BCUT2D eigenvalue weighted by Crippen LogP contribution is 2.49. The number of nitrogens with one attached hydrogen (secondary N) is 1. The Hall–Kier alpha value is -0.640. The Morgan fingerprint density at radius 3 is 2.95 bits per heavy atom. The molecule has 1 aromatic rings. The lowest BCUT2D eigenvalue weighted by atomic mass is 9.83. The van der Waals surface area contributed by atoms with Gasteiger partial charge in [-0.3, -0.25) is 16.3 Å². The van der Waals surface area contributed by atoms with E-state index in [9.17, 15) is 0 Å². The van der Waals surface area contributed by atoms with Gasteiger partial charge in [-0.25, -0.2) is 0 Å². The van der Waals surface area contributed by atoms with Gasteiger partial charge in [0, 0.05) is 18.4 Å². The van der Waals surface area contributed by atoms with Crippen molar-refractivity contribution in [3.05, 3.63) is 29.0 Å². The molecule has 2 bridgehead atoms. The van der Waals surface area contributed by atoms with Crippen molar-refractivity contribution in [1.82, 2.24) is 10.4 Å². The summed E-state index contributed by atoms with van der Waals surface area (Å²) in [6.45, 7) is 0. The van der Waals surface area contributed by atoms with Crippen molar-refractivity contribution in [3.63, 3.8) is 0 Å². The number of nitrogens with zero attached hydrogens (tertiary/aromatic N) is 1. The molecule has 0 aliphatic heterocycles. The third kappa shape index (κ3) is 2.93.